The Kier molecular flexibility index (Phi) is 5.33. The van der Waals surface area contributed by atoms with Crippen molar-refractivity contribution in [1.82, 2.24) is 9.88 Å². The Balaban J connectivity index is 2.22. The van der Waals surface area contributed by atoms with E-state index in [1.807, 2.05) is 14.0 Å². The minimum atomic E-state index is 0.816. The lowest BCUT2D eigenvalue weighted by Crippen LogP contribution is -2.04. The van der Waals surface area contributed by atoms with Gasteiger partial charge in [0.1, 0.15) is 0 Å². The van der Waals surface area contributed by atoms with Crippen molar-refractivity contribution in [3.63, 3.8) is 0 Å². The van der Waals surface area contributed by atoms with Gasteiger partial charge >= 0.3 is 0 Å². The summed E-state index contributed by atoms with van der Waals surface area (Å²) in [5.41, 5.74) is 1.34. The van der Waals surface area contributed by atoms with Crippen molar-refractivity contribution in [2.45, 2.75) is 26.4 Å². The van der Waals surface area contributed by atoms with E-state index in [0.717, 1.165) is 32.7 Å². The molecule has 3 heteroatoms. The number of nitrogens with one attached hydrogen (secondary N) is 1. The van der Waals surface area contributed by atoms with Crippen LogP contribution in [0.25, 0.3) is 0 Å². The average Bonchev–Trinajstić information content (AvgIpc) is 2.61. The van der Waals surface area contributed by atoms with Crippen LogP contribution >= 0.6 is 0 Å². The summed E-state index contributed by atoms with van der Waals surface area (Å²) >= 11 is 0. The molecule has 0 unspecified atom stereocenters. The predicted molar refractivity (Wildman–Crippen MR) is 58.3 cm³/mol. The van der Waals surface area contributed by atoms with Crippen molar-refractivity contribution in [3.8, 4) is 0 Å². The third-order valence-corrected chi connectivity index (χ3v) is 2.10. The van der Waals surface area contributed by atoms with E-state index in [1.54, 1.807) is 0 Å². The fourth-order valence-electron chi connectivity index (χ4n) is 1.43. The number of nitrogens with zero attached hydrogens (tertiary/aromatic N) is 1. The largest absolute Gasteiger partial charge is 0.382 e. The van der Waals surface area contributed by atoms with Crippen molar-refractivity contribution in [3.05, 3.63) is 24.0 Å². The van der Waals surface area contributed by atoms with E-state index < -0.39 is 0 Å². The van der Waals surface area contributed by atoms with Gasteiger partial charge < -0.3 is 14.6 Å². The van der Waals surface area contributed by atoms with E-state index in [-0.39, 0.29) is 0 Å². The fourth-order valence-corrected chi connectivity index (χ4v) is 1.43. The Morgan fingerprint density at radius 2 is 2.36 bits per heavy atom. The first-order valence-electron chi connectivity index (χ1n) is 5.23. The number of rotatable bonds is 7. The summed E-state index contributed by atoms with van der Waals surface area (Å²) in [5, 5.41) is 3.14. The summed E-state index contributed by atoms with van der Waals surface area (Å²) < 4.78 is 7.50. The molecule has 0 radical (unpaired) electrons. The third kappa shape index (κ3) is 3.94. The molecule has 0 saturated carbocycles. The molecule has 3 nitrogen and oxygen atoms in total. The van der Waals surface area contributed by atoms with Gasteiger partial charge in [-0.1, -0.05) is 0 Å². The molecule has 0 bridgehead atoms. The molecule has 1 heterocycles. The molecular formula is C11H20N2O. The van der Waals surface area contributed by atoms with Gasteiger partial charge in [-0.25, -0.2) is 0 Å². The molecule has 0 aromatic carbocycles. The number of ether oxygens (including phenoxy) is 1. The van der Waals surface area contributed by atoms with Gasteiger partial charge in [0.25, 0.3) is 0 Å². The Morgan fingerprint density at radius 1 is 1.50 bits per heavy atom. The maximum atomic E-state index is 5.28. The van der Waals surface area contributed by atoms with Crippen LogP contribution < -0.4 is 5.32 Å². The summed E-state index contributed by atoms with van der Waals surface area (Å²) in [5.74, 6) is 0. The second-order valence-electron chi connectivity index (χ2n) is 3.34. The van der Waals surface area contributed by atoms with Crippen molar-refractivity contribution in [2.75, 3.05) is 20.3 Å². The molecule has 0 spiro atoms. The van der Waals surface area contributed by atoms with Gasteiger partial charge in [-0.2, -0.15) is 0 Å². The highest BCUT2D eigenvalue weighted by atomic mass is 16.5. The number of aryl methyl sites for hydroxylation is 1. The molecule has 0 saturated heterocycles. The molecule has 1 aromatic rings. The molecule has 0 aliphatic rings. The highest BCUT2D eigenvalue weighted by Gasteiger charge is 1.95. The lowest BCUT2D eigenvalue weighted by atomic mass is 10.3. The summed E-state index contributed by atoms with van der Waals surface area (Å²) in [6, 6.07) is 2.15. The third-order valence-electron chi connectivity index (χ3n) is 2.10. The quantitative estimate of drug-likeness (QED) is 0.671. The molecule has 0 atom stereocenters. The smallest absolute Gasteiger partial charge is 0.0482 e. The first-order chi connectivity index (χ1) is 6.86. The molecule has 0 aliphatic carbocycles. The van der Waals surface area contributed by atoms with Crippen LogP contribution in [0.2, 0.25) is 0 Å². The Hall–Kier alpha value is -0.800. The molecule has 1 N–H and O–H groups in total. The molecular weight excluding hydrogens is 176 g/mol. The Morgan fingerprint density at radius 3 is 3.07 bits per heavy atom. The van der Waals surface area contributed by atoms with Crippen molar-refractivity contribution in [1.29, 1.82) is 0 Å². The van der Waals surface area contributed by atoms with E-state index in [4.69, 9.17) is 4.74 Å². The summed E-state index contributed by atoms with van der Waals surface area (Å²) in [7, 11) is 1.96. The van der Waals surface area contributed by atoms with Crippen molar-refractivity contribution < 1.29 is 4.74 Å². The zero-order chi connectivity index (χ0) is 10.2. The minimum absolute atomic E-state index is 0.816. The van der Waals surface area contributed by atoms with E-state index in [1.165, 1.54) is 5.56 Å². The zero-order valence-electron chi connectivity index (χ0n) is 9.12. The summed E-state index contributed by atoms with van der Waals surface area (Å²) in [6.07, 6.45) is 5.39. The van der Waals surface area contributed by atoms with Gasteiger partial charge in [-0.05, 0) is 32.0 Å². The van der Waals surface area contributed by atoms with Crippen LogP contribution in [-0.2, 0) is 17.8 Å². The highest BCUT2D eigenvalue weighted by Crippen LogP contribution is 2.01. The van der Waals surface area contributed by atoms with Gasteiger partial charge in [0.05, 0.1) is 0 Å². The van der Waals surface area contributed by atoms with Gasteiger partial charge in [0.2, 0.25) is 0 Å². The molecule has 0 fully saturated rings. The molecule has 0 aliphatic heterocycles. The summed E-state index contributed by atoms with van der Waals surface area (Å²) in [4.78, 5) is 0. The highest BCUT2D eigenvalue weighted by molar-refractivity contribution is 5.09. The monoisotopic (exact) mass is 196 g/mol. The standard InChI is InChI=1S/C11H20N2O/c1-3-14-8-4-6-13-7-5-11(10-13)9-12-2/h5,7,10,12H,3-4,6,8-9H2,1-2H3. The second-order valence-corrected chi connectivity index (χ2v) is 3.34. The fraction of sp³-hybridized carbons (Fsp3) is 0.636. The van der Waals surface area contributed by atoms with E-state index in [2.05, 4.69) is 28.3 Å². The van der Waals surface area contributed by atoms with E-state index >= 15 is 0 Å². The predicted octanol–water partition coefficient (Wildman–Crippen LogP) is 1.63. The normalized spacial score (nSPS) is 10.7. The first kappa shape index (κ1) is 11.3. The zero-order valence-corrected chi connectivity index (χ0v) is 9.12. The topological polar surface area (TPSA) is 26.2 Å². The van der Waals surface area contributed by atoms with Crippen LogP contribution in [0.15, 0.2) is 18.5 Å². The number of aromatic nitrogens is 1. The van der Waals surface area contributed by atoms with Crippen LogP contribution in [0.3, 0.4) is 0 Å². The molecule has 1 rings (SSSR count). The number of hydrogen-bond donors (Lipinski definition) is 1. The van der Waals surface area contributed by atoms with Crippen molar-refractivity contribution >= 4 is 0 Å². The van der Waals surface area contributed by atoms with Crippen LogP contribution in [0.4, 0.5) is 0 Å². The van der Waals surface area contributed by atoms with Crippen LogP contribution in [0.1, 0.15) is 18.9 Å². The molecule has 0 amide bonds. The van der Waals surface area contributed by atoms with Crippen LogP contribution in [0, 0.1) is 0 Å². The van der Waals surface area contributed by atoms with E-state index in [9.17, 15) is 0 Å². The Labute approximate surface area is 86.1 Å². The SMILES string of the molecule is CCOCCCn1ccc(CNC)c1. The molecule has 80 valence electrons. The average molecular weight is 196 g/mol. The summed E-state index contributed by atoms with van der Waals surface area (Å²) in [6.45, 7) is 5.69. The lowest BCUT2D eigenvalue weighted by molar-refractivity contribution is 0.141. The van der Waals surface area contributed by atoms with Crippen LogP contribution in [0.5, 0.6) is 0 Å². The van der Waals surface area contributed by atoms with E-state index in [0.29, 0.717) is 0 Å². The molecule has 1 aromatic heterocycles. The Bertz CT molecular complexity index is 245. The lowest BCUT2D eigenvalue weighted by Gasteiger charge is -2.02. The second kappa shape index (κ2) is 6.62. The minimum Gasteiger partial charge on any atom is -0.382 e. The van der Waals surface area contributed by atoms with Crippen LogP contribution in [-0.4, -0.2) is 24.8 Å². The maximum absolute atomic E-state index is 5.28. The van der Waals surface area contributed by atoms with Gasteiger partial charge in [0.15, 0.2) is 0 Å². The molecule has 14 heavy (non-hydrogen) atoms. The number of hydrogen-bond acceptors (Lipinski definition) is 2. The van der Waals surface area contributed by atoms with Gasteiger partial charge in [-0.3, -0.25) is 0 Å². The first-order valence-corrected chi connectivity index (χ1v) is 5.23. The van der Waals surface area contributed by atoms with Crippen molar-refractivity contribution in [2.24, 2.45) is 0 Å². The maximum Gasteiger partial charge on any atom is 0.0482 e. The van der Waals surface area contributed by atoms with Gasteiger partial charge in [-0.15, -0.1) is 0 Å². The van der Waals surface area contributed by atoms with Gasteiger partial charge in [0, 0.05) is 38.7 Å².